The van der Waals surface area contributed by atoms with Crippen molar-refractivity contribution in [2.75, 3.05) is 13.6 Å². The van der Waals surface area contributed by atoms with Gasteiger partial charge in [0, 0.05) is 5.92 Å². The molecule has 2 aromatic carbocycles. The molecule has 0 saturated carbocycles. The summed E-state index contributed by atoms with van der Waals surface area (Å²) in [5.41, 5.74) is 5.07. The van der Waals surface area contributed by atoms with Crippen molar-refractivity contribution in [2.45, 2.75) is 26.2 Å². The first-order valence-corrected chi connectivity index (χ1v) is 7.09. The molecule has 1 atom stereocenters. The molecule has 20 heavy (non-hydrogen) atoms. The minimum Gasteiger partial charge on any atom is -0.320 e. The maximum absolute atomic E-state index is 13.1. The van der Waals surface area contributed by atoms with Crippen LogP contribution in [0.25, 0.3) is 0 Å². The summed E-state index contributed by atoms with van der Waals surface area (Å²) in [4.78, 5) is 0. The Morgan fingerprint density at radius 1 is 1.05 bits per heavy atom. The summed E-state index contributed by atoms with van der Waals surface area (Å²) >= 11 is 0. The second kappa shape index (κ2) is 6.67. The molecular formula is C18H22FN. The van der Waals surface area contributed by atoms with Crippen LogP contribution in [0, 0.1) is 19.7 Å². The number of hydrogen-bond donors (Lipinski definition) is 1. The number of hydrogen-bond acceptors (Lipinski definition) is 1. The van der Waals surface area contributed by atoms with E-state index in [1.165, 1.54) is 22.3 Å². The van der Waals surface area contributed by atoms with Crippen LogP contribution in [-0.4, -0.2) is 13.6 Å². The van der Waals surface area contributed by atoms with Crippen LogP contribution < -0.4 is 5.32 Å². The van der Waals surface area contributed by atoms with Gasteiger partial charge in [0.1, 0.15) is 5.82 Å². The van der Waals surface area contributed by atoms with Gasteiger partial charge in [0.2, 0.25) is 0 Å². The Kier molecular flexibility index (Phi) is 4.91. The van der Waals surface area contributed by atoms with E-state index in [4.69, 9.17) is 0 Å². The number of rotatable bonds is 5. The van der Waals surface area contributed by atoms with E-state index >= 15 is 0 Å². The monoisotopic (exact) mass is 271 g/mol. The molecule has 0 spiro atoms. The molecule has 0 amide bonds. The van der Waals surface area contributed by atoms with Crippen molar-refractivity contribution in [3.63, 3.8) is 0 Å². The molecule has 2 rings (SSSR count). The second-order valence-corrected chi connectivity index (χ2v) is 5.36. The molecule has 106 valence electrons. The number of halogens is 1. The quantitative estimate of drug-likeness (QED) is 0.860. The number of benzene rings is 2. The fraction of sp³-hybridized carbons (Fsp3) is 0.333. The molecule has 0 radical (unpaired) electrons. The third-order valence-electron chi connectivity index (χ3n) is 3.77. The fourth-order valence-corrected chi connectivity index (χ4v) is 2.62. The standard InChI is InChI=1S/C18H22FN/c1-13-4-5-14(2)18(12-13)17(10-11-20-3)15-6-8-16(19)9-7-15/h4-9,12,17,20H,10-11H2,1-3H3. The smallest absolute Gasteiger partial charge is 0.123 e. The van der Waals surface area contributed by atoms with Crippen LogP contribution in [0.4, 0.5) is 4.39 Å². The average Bonchev–Trinajstić information content (AvgIpc) is 2.44. The minimum absolute atomic E-state index is 0.179. The lowest BCUT2D eigenvalue weighted by atomic mass is 9.85. The van der Waals surface area contributed by atoms with Gasteiger partial charge in [-0.15, -0.1) is 0 Å². The molecule has 0 aliphatic carbocycles. The van der Waals surface area contributed by atoms with Gasteiger partial charge in [-0.3, -0.25) is 0 Å². The van der Waals surface area contributed by atoms with Gasteiger partial charge >= 0.3 is 0 Å². The van der Waals surface area contributed by atoms with Crippen molar-refractivity contribution < 1.29 is 4.39 Å². The zero-order chi connectivity index (χ0) is 14.5. The van der Waals surface area contributed by atoms with Crippen molar-refractivity contribution in [2.24, 2.45) is 0 Å². The van der Waals surface area contributed by atoms with E-state index in [1.54, 1.807) is 12.1 Å². The molecule has 0 heterocycles. The molecule has 0 aliphatic rings. The van der Waals surface area contributed by atoms with E-state index in [2.05, 4.69) is 37.4 Å². The Hall–Kier alpha value is -1.67. The Morgan fingerprint density at radius 2 is 1.75 bits per heavy atom. The highest BCUT2D eigenvalue weighted by Crippen LogP contribution is 2.30. The van der Waals surface area contributed by atoms with Crippen LogP contribution in [0.5, 0.6) is 0 Å². The SMILES string of the molecule is CNCCC(c1ccc(F)cc1)c1cc(C)ccc1C. The summed E-state index contributed by atoms with van der Waals surface area (Å²) in [7, 11) is 1.96. The van der Waals surface area contributed by atoms with E-state index < -0.39 is 0 Å². The summed E-state index contributed by atoms with van der Waals surface area (Å²) < 4.78 is 13.1. The lowest BCUT2D eigenvalue weighted by Gasteiger charge is -2.21. The summed E-state index contributed by atoms with van der Waals surface area (Å²) in [6, 6.07) is 13.5. The van der Waals surface area contributed by atoms with Crippen LogP contribution in [0.3, 0.4) is 0 Å². The molecule has 2 aromatic rings. The molecule has 1 unspecified atom stereocenters. The van der Waals surface area contributed by atoms with Crippen LogP contribution in [0.1, 0.15) is 34.6 Å². The number of nitrogens with one attached hydrogen (secondary N) is 1. The van der Waals surface area contributed by atoms with Crippen LogP contribution in [-0.2, 0) is 0 Å². The van der Waals surface area contributed by atoms with Gasteiger partial charge in [-0.25, -0.2) is 4.39 Å². The first kappa shape index (κ1) is 14.7. The molecule has 0 aliphatic heterocycles. The van der Waals surface area contributed by atoms with E-state index in [0.717, 1.165) is 13.0 Å². The number of aryl methyl sites for hydroxylation is 2. The minimum atomic E-state index is -0.179. The largest absolute Gasteiger partial charge is 0.320 e. The Morgan fingerprint density at radius 3 is 2.40 bits per heavy atom. The van der Waals surface area contributed by atoms with Crippen LogP contribution in [0.15, 0.2) is 42.5 Å². The molecule has 2 heteroatoms. The first-order chi connectivity index (χ1) is 9.61. The zero-order valence-electron chi connectivity index (χ0n) is 12.4. The van der Waals surface area contributed by atoms with E-state index in [1.807, 2.05) is 19.2 Å². The first-order valence-electron chi connectivity index (χ1n) is 7.09. The summed E-state index contributed by atoms with van der Waals surface area (Å²) in [6.07, 6.45) is 1.01. The average molecular weight is 271 g/mol. The molecule has 0 fully saturated rings. The lowest BCUT2D eigenvalue weighted by Crippen LogP contribution is -2.14. The molecule has 0 aromatic heterocycles. The van der Waals surface area contributed by atoms with Gasteiger partial charge in [-0.05, 0) is 62.7 Å². The molecule has 0 saturated heterocycles. The predicted octanol–water partition coefficient (Wildman–Crippen LogP) is 4.18. The third-order valence-corrected chi connectivity index (χ3v) is 3.77. The van der Waals surface area contributed by atoms with Crippen molar-refractivity contribution in [3.8, 4) is 0 Å². The van der Waals surface area contributed by atoms with E-state index in [9.17, 15) is 4.39 Å². The third kappa shape index (κ3) is 3.45. The van der Waals surface area contributed by atoms with Gasteiger partial charge in [0.15, 0.2) is 0 Å². The van der Waals surface area contributed by atoms with Gasteiger partial charge in [-0.2, -0.15) is 0 Å². The van der Waals surface area contributed by atoms with Crippen molar-refractivity contribution in [3.05, 3.63) is 70.5 Å². The maximum Gasteiger partial charge on any atom is 0.123 e. The van der Waals surface area contributed by atoms with Gasteiger partial charge in [0.05, 0.1) is 0 Å². The van der Waals surface area contributed by atoms with Crippen LogP contribution in [0.2, 0.25) is 0 Å². The Labute approximate surface area is 120 Å². The van der Waals surface area contributed by atoms with Gasteiger partial charge in [0.25, 0.3) is 0 Å². The van der Waals surface area contributed by atoms with Crippen molar-refractivity contribution in [1.82, 2.24) is 5.32 Å². The van der Waals surface area contributed by atoms with Crippen LogP contribution >= 0.6 is 0 Å². The molecule has 0 bridgehead atoms. The summed E-state index contributed by atoms with van der Waals surface area (Å²) in [5, 5.41) is 3.21. The van der Waals surface area contributed by atoms with Crippen molar-refractivity contribution >= 4 is 0 Å². The molecule has 1 nitrogen and oxygen atoms in total. The second-order valence-electron chi connectivity index (χ2n) is 5.36. The highest BCUT2D eigenvalue weighted by molar-refractivity contribution is 5.39. The lowest BCUT2D eigenvalue weighted by molar-refractivity contribution is 0.622. The van der Waals surface area contributed by atoms with Gasteiger partial charge < -0.3 is 5.32 Å². The normalized spacial score (nSPS) is 12.4. The predicted molar refractivity (Wildman–Crippen MR) is 82.7 cm³/mol. The molecule has 1 N–H and O–H groups in total. The van der Waals surface area contributed by atoms with E-state index in [0.29, 0.717) is 5.92 Å². The summed E-state index contributed by atoms with van der Waals surface area (Å²) in [6.45, 7) is 5.20. The Bertz CT molecular complexity index is 560. The summed E-state index contributed by atoms with van der Waals surface area (Å²) in [5.74, 6) is 0.130. The maximum atomic E-state index is 13.1. The fourth-order valence-electron chi connectivity index (χ4n) is 2.62. The highest BCUT2D eigenvalue weighted by atomic mass is 19.1. The molecular weight excluding hydrogens is 249 g/mol. The van der Waals surface area contributed by atoms with E-state index in [-0.39, 0.29) is 5.82 Å². The Balaban J connectivity index is 2.41. The zero-order valence-corrected chi connectivity index (χ0v) is 12.4. The topological polar surface area (TPSA) is 12.0 Å². The highest BCUT2D eigenvalue weighted by Gasteiger charge is 2.16. The van der Waals surface area contributed by atoms with Crippen molar-refractivity contribution in [1.29, 1.82) is 0 Å². The van der Waals surface area contributed by atoms with Gasteiger partial charge in [-0.1, -0.05) is 35.9 Å².